The first-order valence-electron chi connectivity index (χ1n) is 4.87. The first-order valence-corrected chi connectivity index (χ1v) is 5.95. The van der Waals surface area contributed by atoms with Crippen molar-refractivity contribution in [2.24, 2.45) is 5.73 Å². The van der Waals surface area contributed by atoms with Crippen molar-refractivity contribution in [2.75, 3.05) is 6.61 Å². The molecule has 0 bridgehead atoms. The molecule has 5 heteroatoms. The third kappa shape index (κ3) is 2.26. The van der Waals surface area contributed by atoms with Crippen LogP contribution in [0.15, 0.2) is 36.8 Å². The molecule has 3 N–H and O–H groups in total. The maximum absolute atomic E-state index is 9.06. The third-order valence-electron chi connectivity index (χ3n) is 2.33. The molecule has 2 aromatic rings. The number of hydrogen-bond acceptors (Lipinski definition) is 3. The molecule has 1 heterocycles. The molecule has 0 radical (unpaired) electrons. The summed E-state index contributed by atoms with van der Waals surface area (Å²) in [5, 5.41) is 9.06. The molecule has 1 atom stereocenters. The van der Waals surface area contributed by atoms with Gasteiger partial charge in [-0.25, -0.2) is 4.98 Å². The van der Waals surface area contributed by atoms with Gasteiger partial charge in [-0.1, -0.05) is 6.07 Å². The Morgan fingerprint density at radius 1 is 1.50 bits per heavy atom. The number of nitrogens with two attached hydrogens (primary N) is 1. The third-order valence-corrected chi connectivity index (χ3v) is 3.00. The zero-order valence-corrected chi connectivity index (χ0v) is 10.7. The highest BCUT2D eigenvalue weighted by Crippen LogP contribution is 2.17. The number of hydrogen-bond donors (Lipinski definition) is 2. The van der Waals surface area contributed by atoms with Crippen LogP contribution in [0.1, 0.15) is 11.7 Å². The highest BCUT2D eigenvalue weighted by molar-refractivity contribution is 14.1. The molecule has 0 fully saturated rings. The Balaban J connectivity index is 2.44. The van der Waals surface area contributed by atoms with E-state index in [0.717, 1.165) is 15.0 Å². The summed E-state index contributed by atoms with van der Waals surface area (Å²) in [6.45, 7) is -0.0877. The zero-order valence-electron chi connectivity index (χ0n) is 8.55. The highest BCUT2D eigenvalue weighted by atomic mass is 127. The molecule has 2 rings (SSSR count). The summed E-state index contributed by atoms with van der Waals surface area (Å²) in [6.07, 6.45) is 3.39. The lowest BCUT2D eigenvalue weighted by Gasteiger charge is -2.12. The summed E-state index contributed by atoms with van der Waals surface area (Å²) < 4.78 is 3.04. The molecule has 4 nitrogen and oxygen atoms in total. The molecule has 1 aromatic heterocycles. The Kier molecular flexibility index (Phi) is 3.57. The molecule has 0 amide bonds. The van der Waals surface area contributed by atoms with Gasteiger partial charge in [0, 0.05) is 9.26 Å². The van der Waals surface area contributed by atoms with Gasteiger partial charge in [-0.2, -0.15) is 0 Å². The fraction of sp³-hybridized carbons (Fsp3) is 0.182. The first-order chi connectivity index (χ1) is 7.72. The average Bonchev–Trinajstić information content (AvgIpc) is 2.77. The second kappa shape index (κ2) is 4.94. The number of halogens is 1. The van der Waals surface area contributed by atoms with Crippen LogP contribution in [0.3, 0.4) is 0 Å². The molecule has 0 saturated carbocycles. The maximum Gasteiger partial charge on any atom is 0.0994 e. The fourth-order valence-corrected chi connectivity index (χ4v) is 2.04. The van der Waals surface area contributed by atoms with E-state index >= 15 is 0 Å². The minimum absolute atomic E-state index is 0.0877. The van der Waals surface area contributed by atoms with Crippen molar-refractivity contribution in [2.45, 2.75) is 6.04 Å². The minimum Gasteiger partial charge on any atom is -0.394 e. The Morgan fingerprint density at radius 2 is 2.31 bits per heavy atom. The fourth-order valence-electron chi connectivity index (χ4n) is 1.51. The molecule has 84 valence electrons. The number of benzene rings is 1. The number of nitrogens with zero attached hydrogens (tertiary/aromatic N) is 2. The number of aliphatic hydroxyl groups is 1. The molecule has 0 aliphatic carbocycles. The molecular formula is C11H12IN3O. The van der Waals surface area contributed by atoms with Crippen LogP contribution in [0.25, 0.3) is 5.69 Å². The highest BCUT2D eigenvalue weighted by Gasteiger charge is 2.11. The molecule has 0 aliphatic heterocycles. The predicted molar refractivity (Wildman–Crippen MR) is 70.3 cm³/mol. The van der Waals surface area contributed by atoms with E-state index in [4.69, 9.17) is 10.8 Å². The van der Waals surface area contributed by atoms with Crippen molar-refractivity contribution in [1.82, 2.24) is 9.55 Å². The van der Waals surface area contributed by atoms with Gasteiger partial charge in [0.2, 0.25) is 0 Å². The number of aliphatic hydroxyl groups excluding tert-OH is 1. The standard InChI is InChI=1S/C11H12IN3O/c12-8-2-1-3-9(4-8)15-7-14-5-11(15)10(13)6-16/h1-5,7,10,16H,6,13H2. The lowest BCUT2D eigenvalue weighted by molar-refractivity contribution is 0.265. The van der Waals surface area contributed by atoms with Gasteiger partial charge in [0.25, 0.3) is 0 Å². The topological polar surface area (TPSA) is 64.1 Å². The van der Waals surface area contributed by atoms with E-state index < -0.39 is 6.04 Å². The first kappa shape index (κ1) is 11.6. The van der Waals surface area contributed by atoms with Crippen LogP contribution in [-0.4, -0.2) is 21.3 Å². The zero-order chi connectivity index (χ0) is 11.5. The van der Waals surface area contributed by atoms with Crippen molar-refractivity contribution >= 4 is 22.6 Å². The SMILES string of the molecule is NC(CO)c1cncn1-c1cccc(I)c1. The summed E-state index contributed by atoms with van der Waals surface area (Å²) in [5.41, 5.74) is 7.61. The van der Waals surface area contributed by atoms with Gasteiger partial charge in [0.05, 0.1) is 30.9 Å². The minimum atomic E-state index is -0.402. The normalized spacial score (nSPS) is 12.7. The smallest absolute Gasteiger partial charge is 0.0994 e. The predicted octanol–water partition coefficient (Wildman–Crippen LogP) is 1.47. The maximum atomic E-state index is 9.06. The van der Waals surface area contributed by atoms with E-state index in [1.54, 1.807) is 12.5 Å². The summed E-state index contributed by atoms with van der Waals surface area (Å²) in [5.74, 6) is 0. The van der Waals surface area contributed by atoms with Gasteiger partial charge in [0.15, 0.2) is 0 Å². The van der Waals surface area contributed by atoms with Crippen molar-refractivity contribution in [3.8, 4) is 5.69 Å². The molecule has 0 aliphatic rings. The van der Waals surface area contributed by atoms with E-state index in [1.807, 2.05) is 28.8 Å². The van der Waals surface area contributed by atoms with E-state index in [0.29, 0.717) is 0 Å². The van der Waals surface area contributed by atoms with E-state index in [1.165, 1.54) is 0 Å². The number of rotatable bonds is 3. The summed E-state index contributed by atoms with van der Waals surface area (Å²) in [6, 6.07) is 7.62. The summed E-state index contributed by atoms with van der Waals surface area (Å²) >= 11 is 2.25. The van der Waals surface area contributed by atoms with Crippen LogP contribution in [0.5, 0.6) is 0 Å². The molecule has 0 spiro atoms. The Hall–Kier alpha value is -0.920. The summed E-state index contributed by atoms with van der Waals surface area (Å²) in [4.78, 5) is 4.07. The Morgan fingerprint density at radius 3 is 3.00 bits per heavy atom. The molecule has 0 saturated heterocycles. The lowest BCUT2D eigenvalue weighted by atomic mass is 10.2. The van der Waals surface area contributed by atoms with Gasteiger partial charge in [-0.15, -0.1) is 0 Å². The van der Waals surface area contributed by atoms with Gasteiger partial charge in [0.1, 0.15) is 0 Å². The molecule has 1 unspecified atom stereocenters. The van der Waals surface area contributed by atoms with E-state index in [9.17, 15) is 0 Å². The van der Waals surface area contributed by atoms with Gasteiger partial charge >= 0.3 is 0 Å². The number of imidazole rings is 1. The quantitative estimate of drug-likeness (QED) is 0.838. The van der Waals surface area contributed by atoms with Crippen LogP contribution in [-0.2, 0) is 0 Å². The van der Waals surface area contributed by atoms with Crippen molar-refractivity contribution in [3.63, 3.8) is 0 Å². The van der Waals surface area contributed by atoms with E-state index in [-0.39, 0.29) is 6.61 Å². The van der Waals surface area contributed by atoms with Crippen molar-refractivity contribution in [1.29, 1.82) is 0 Å². The molecular weight excluding hydrogens is 317 g/mol. The van der Waals surface area contributed by atoms with Crippen molar-refractivity contribution in [3.05, 3.63) is 46.1 Å². The largest absolute Gasteiger partial charge is 0.394 e. The second-order valence-corrected chi connectivity index (χ2v) is 4.70. The van der Waals surface area contributed by atoms with E-state index in [2.05, 4.69) is 27.6 Å². The number of aromatic nitrogens is 2. The Labute approximate surface area is 107 Å². The monoisotopic (exact) mass is 329 g/mol. The van der Waals surface area contributed by atoms with Crippen LogP contribution in [0.4, 0.5) is 0 Å². The molecule has 1 aromatic carbocycles. The Bertz CT molecular complexity index is 484. The summed E-state index contributed by atoms with van der Waals surface area (Å²) in [7, 11) is 0. The second-order valence-electron chi connectivity index (χ2n) is 3.46. The van der Waals surface area contributed by atoms with Crippen LogP contribution >= 0.6 is 22.6 Å². The van der Waals surface area contributed by atoms with Gasteiger partial charge < -0.3 is 15.4 Å². The van der Waals surface area contributed by atoms with Gasteiger partial charge in [-0.3, -0.25) is 0 Å². The van der Waals surface area contributed by atoms with Crippen LogP contribution < -0.4 is 5.73 Å². The van der Waals surface area contributed by atoms with Crippen LogP contribution in [0.2, 0.25) is 0 Å². The average molecular weight is 329 g/mol. The lowest BCUT2D eigenvalue weighted by Crippen LogP contribution is -2.18. The van der Waals surface area contributed by atoms with Crippen LogP contribution in [0, 0.1) is 3.57 Å². The van der Waals surface area contributed by atoms with Crippen molar-refractivity contribution < 1.29 is 5.11 Å². The molecule has 16 heavy (non-hydrogen) atoms. The van der Waals surface area contributed by atoms with Gasteiger partial charge in [-0.05, 0) is 40.8 Å².